The number of carbonyl (C=O) groups is 1. The second kappa shape index (κ2) is 9.49. The maximum Gasteiger partial charge on any atom is 0.228 e. The molecule has 0 aliphatic carbocycles. The molecule has 1 amide bonds. The molecule has 0 spiro atoms. The number of rotatable bonds is 4. The van der Waals surface area contributed by atoms with E-state index >= 15 is 0 Å². The van der Waals surface area contributed by atoms with E-state index in [9.17, 15) is 9.59 Å². The standard InChI is InChI=1S/C29H31N5O2/c1-29(2,3)28(36)33-16-14-32(15-17-33)26-18-24-23(20-30-26)25(35)19-27(31-21-10-6-4-7-11-21)34(24)22-12-8-5-9-13-22/h4-13,18-20,31H,14-17H2,1-3H3. The summed E-state index contributed by atoms with van der Waals surface area (Å²) in [6.07, 6.45) is 1.67. The first-order chi connectivity index (χ1) is 17.3. The van der Waals surface area contributed by atoms with Crippen molar-refractivity contribution in [1.29, 1.82) is 0 Å². The Morgan fingerprint density at radius 1 is 0.889 bits per heavy atom. The van der Waals surface area contributed by atoms with Crippen LogP contribution in [-0.4, -0.2) is 46.5 Å². The Kier molecular flexibility index (Phi) is 6.22. The molecule has 5 rings (SSSR count). The van der Waals surface area contributed by atoms with Crippen LogP contribution in [0.5, 0.6) is 0 Å². The zero-order valence-corrected chi connectivity index (χ0v) is 20.9. The smallest absolute Gasteiger partial charge is 0.228 e. The number of amides is 1. The second-order valence-corrected chi connectivity index (χ2v) is 10.1. The molecular weight excluding hydrogens is 450 g/mol. The normalized spacial score (nSPS) is 14.2. The number of anilines is 3. The van der Waals surface area contributed by atoms with Gasteiger partial charge in [-0.1, -0.05) is 57.2 Å². The molecule has 1 fully saturated rings. The van der Waals surface area contributed by atoms with E-state index < -0.39 is 5.41 Å². The van der Waals surface area contributed by atoms with Gasteiger partial charge in [0.25, 0.3) is 0 Å². The van der Waals surface area contributed by atoms with Crippen LogP contribution in [0.25, 0.3) is 16.6 Å². The summed E-state index contributed by atoms with van der Waals surface area (Å²) in [5.41, 5.74) is 2.14. The van der Waals surface area contributed by atoms with Crippen molar-refractivity contribution in [3.63, 3.8) is 0 Å². The Balaban J connectivity index is 1.55. The third-order valence-corrected chi connectivity index (χ3v) is 6.48. The Labute approximate surface area is 211 Å². The maximum absolute atomic E-state index is 13.1. The van der Waals surface area contributed by atoms with E-state index in [1.54, 1.807) is 12.3 Å². The fraction of sp³-hybridized carbons (Fsp3) is 0.276. The van der Waals surface area contributed by atoms with Crippen LogP contribution in [0.2, 0.25) is 0 Å². The zero-order valence-electron chi connectivity index (χ0n) is 20.9. The van der Waals surface area contributed by atoms with E-state index in [4.69, 9.17) is 0 Å². The van der Waals surface area contributed by atoms with Crippen molar-refractivity contribution in [2.24, 2.45) is 5.41 Å². The molecule has 7 nitrogen and oxygen atoms in total. The number of piperazine rings is 1. The first kappa shape index (κ1) is 23.6. The summed E-state index contributed by atoms with van der Waals surface area (Å²) in [7, 11) is 0. The molecule has 1 saturated heterocycles. The predicted molar refractivity (Wildman–Crippen MR) is 145 cm³/mol. The number of pyridine rings is 2. The first-order valence-corrected chi connectivity index (χ1v) is 12.3. The molecule has 7 heteroatoms. The van der Waals surface area contributed by atoms with E-state index in [0.717, 1.165) is 22.7 Å². The van der Waals surface area contributed by atoms with Crippen LogP contribution in [0.4, 0.5) is 17.3 Å². The molecule has 4 aromatic rings. The molecule has 1 aliphatic heterocycles. The third kappa shape index (κ3) is 4.69. The summed E-state index contributed by atoms with van der Waals surface area (Å²) in [4.78, 5) is 34.6. The van der Waals surface area contributed by atoms with E-state index in [1.807, 2.05) is 92.4 Å². The van der Waals surface area contributed by atoms with Crippen LogP contribution >= 0.6 is 0 Å². The number of nitrogens with one attached hydrogen (secondary N) is 1. The lowest BCUT2D eigenvalue weighted by Crippen LogP contribution is -2.51. The number of benzene rings is 2. The van der Waals surface area contributed by atoms with Crippen molar-refractivity contribution < 1.29 is 4.79 Å². The minimum atomic E-state index is -0.392. The van der Waals surface area contributed by atoms with Crippen LogP contribution in [0.3, 0.4) is 0 Å². The SMILES string of the molecule is CC(C)(C)C(=O)N1CCN(c2cc3c(cn2)c(=O)cc(Nc2ccccc2)n3-c2ccccc2)CC1. The van der Waals surface area contributed by atoms with Gasteiger partial charge in [0.05, 0.1) is 10.9 Å². The summed E-state index contributed by atoms with van der Waals surface area (Å²) >= 11 is 0. The summed E-state index contributed by atoms with van der Waals surface area (Å²) < 4.78 is 2.06. The van der Waals surface area contributed by atoms with Gasteiger partial charge in [-0.3, -0.25) is 14.2 Å². The molecule has 0 saturated carbocycles. The van der Waals surface area contributed by atoms with Crippen LogP contribution in [0, 0.1) is 5.41 Å². The molecule has 0 radical (unpaired) electrons. The average Bonchev–Trinajstić information content (AvgIpc) is 2.89. The number of fused-ring (bicyclic) bond motifs is 1. The van der Waals surface area contributed by atoms with Crippen molar-refractivity contribution in [2.75, 3.05) is 36.4 Å². The lowest BCUT2D eigenvalue weighted by atomic mass is 9.94. The molecule has 0 unspecified atom stereocenters. The summed E-state index contributed by atoms with van der Waals surface area (Å²) in [6.45, 7) is 8.55. The van der Waals surface area contributed by atoms with Gasteiger partial charge in [-0.05, 0) is 24.3 Å². The van der Waals surface area contributed by atoms with Crippen LogP contribution in [0.15, 0.2) is 83.8 Å². The van der Waals surface area contributed by atoms with E-state index in [-0.39, 0.29) is 11.3 Å². The summed E-state index contributed by atoms with van der Waals surface area (Å²) in [6, 6.07) is 23.4. The van der Waals surface area contributed by atoms with Crippen LogP contribution in [-0.2, 0) is 4.79 Å². The molecule has 0 atom stereocenters. The predicted octanol–water partition coefficient (Wildman–Crippen LogP) is 4.82. The number of carbonyl (C=O) groups excluding carboxylic acids is 1. The van der Waals surface area contributed by atoms with Gasteiger partial charge in [-0.15, -0.1) is 0 Å². The molecule has 36 heavy (non-hydrogen) atoms. The van der Waals surface area contributed by atoms with Crippen LogP contribution < -0.4 is 15.6 Å². The highest BCUT2D eigenvalue weighted by atomic mass is 16.2. The quantitative estimate of drug-likeness (QED) is 0.452. The minimum absolute atomic E-state index is 0.0877. The Morgan fingerprint density at radius 3 is 2.17 bits per heavy atom. The van der Waals surface area contributed by atoms with Gasteiger partial charge in [-0.25, -0.2) is 4.98 Å². The van der Waals surface area contributed by atoms with Gasteiger partial charge in [0.1, 0.15) is 11.6 Å². The van der Waals surface area contributed by atoms with Gasteiger partial charge in [0, 0.05) is 61.3 Å². The number of aromatic nitrogens is 2. The maximum atomic E-state index is 13.1. The lowest BCUT2D eigenvalue weighted by molar-refractivity contribution is -0.139. The first-order valence-electron chi connectivity index (χ1n) is 12.3. The molecule has 1 aliphatic rings. The number of hydrogen-bond acceptors (Lipinski definition) is 5. The fourth-order valence-electron chi connectivity index (χ4n) is 4.61. The highest BCUT2D eigenvalue weighted by molar-refractivity contribution is 5.86. The van der Waals surface area contributed by atoms with Gasteiger partial charge in [0.15, 0.2) is 5.43 Å². The number of hydrogen-bond donors (Lipinski definition) is 1. The molecule has 2 aromatic carbocycles. The molecular formula is C29H31N5O2. The highest BCUT2D eigenvalue weighted by Gasteiger charge is 2.30. The van der Waals surface area contributed by atoms with Gasteiger partial charge in [-0.2, -0.15) is 0 Å². The van der Waals surface area contributed by atoms with Crippen LogP contribution in [0.1, 0.15) is 20.8 Å². The highest BCUT2D eigenvalue weighted by Crippen LogP contribution is 2.28. The molecule has 2 aromatic heterocycles. The molecule has 0 bridgehead atoms. The van der Waals surface area contributed by atoms with Crippen molar-refractivity contribution in [2.45, 2.75) is 20.8 Å². The fourth-order valence-corrected chi connectivity index (χ4v) is 4.61. The van der Waals surface area contributed by atoms with E-state index in [0.29, 0.717) is 37.4 Å². The van der Waals surface area contributed by atoms with Crippen molar-refractivity contribution >= 4 is 34.1 Å². The molecule has 3 heterocycles. The largest absolute Gasteiger partial charge is 0.353 e. The minimum Gasteiger partial charge on any atom is -0.353 e. The van der Waals surface area contributed by atoms with E-state index in [2.05, 4.69) is 19.8 Å². The second-order valence-electron chi connectivity index (χ2n) is 10.1. The average molecular weight is 482 g/mol. The molecule has 184 valence electrons. The zero-order chi connectivity index (χ0) is 25.3. The third-order valence-electron chi connectivity index (χ3n) is 6.48. The summed E-state index contributed by atoms with van der Waals surface area (Å²) in [5.74, 6) is 1.65. The topological polar surface area (TPSA) is 70.5 Å². The van der Waals surface area contributed by atoms with Gasteiger partial charge >= 0.3 is 0 Å². The van der Waals surface area contributed by atoms with Crippen molar-refractivity contribution in [3.05, 3.63) is 89.2 Å². The molecule has 1 N–H and O–H groups in total. The Hall–Kier alpha value is -4.13. The monoisotopic (exact) mass is 481 g/mol. The van der Waals surface area contributed by atoms with Crippen molar-refractivity contribution in [1.82, 2.24) is 14.5 Å². The Morgan fingerprint density at radius 2 is 1.53 bits per heavy atom. The van der Waals surface area contributed by atoms with Gasteiger partial charge in [0.2, 0.25) is 5.91 Å². The number of nitrogens with zero attached hydrogens (tertiary/aromatic N) is 4. The van der Waals surface area contributed by atoms with E-state index in [1.165, 1.54) is 0 Å². The Bertz CT molecular complexity index is 1430. The van der Waals surface area contributed by atoms with Gasteiger partial charge < -0.3 is 15.1 Å². The lowest BCUT2D eigenvalue weighted by Gasteiger charge is -2.38. The van der Waals surface area contributed by atoms with Crippen molar-refractivity contribution in [3.8, 4) is 5.69 Å². The summed E-state index contributed by atoms with van der Waals surface area (Å²) in [5, 5.41) is 3.98. The number of para-hydroxylation sites is 2.